The Hall–Kier alpha value is -4.26. The van der Waals surface area contributed by atoms with Crippen LogP contribution in [0, 0.1) is 0 Å². The van der Waals surface area contributed by atoms with Crippen LogP contribution in [0.1, 0.15) is 91.5 Å². The average Bonchev–Trinajstić information content (AvgIpc) is 3.00. The summed E-state index contributed by atoms with van der Waals surface area (Å²) in [5.74, 6) is -1.36. The number of amides is 2. The maximum atomic E-state index is 13.6. The number of aliphatic hydroxyl groups excluding tert-OH is 1. The number of nitrogens with one attached hydrogen (secondary N) is 2. The molecule has 0 fully saturated rings. The number of aliphatic hydroxyl groups is 2. The number of rotatable bonds is 15. The Morgan fingerprint density at radius 3 is 2.07 bits per heavy atom. The van der Waals surface area contributed by atoms with Gasteiger partial charge in [0.15, 0.2) is 6.29 Å². The summed E-state index contributed by atoms with van der Waals surface area (Å²) in [7, 11) is -4.27. The number of aryl methyl sites for hydroxylation is 1. The number of esters is 1. The van der Waals surface area contributed by atoms with E-state index in [0.717, 1.165) is 5.56 Å². The molecule has 0 saturated heterocycles. The molecule has 3 aromatic rings. The van der Waals surface area contributed by atoms with Gasteiger partial charge in [0, 0.05) is 23.2 Å². The highest BCUT2D eigenvalue weighted by Gasteiger charge is 2.29. The number of hydrogen-bond acceptors (Lipinski definition) is 9. The van der Waals surface area contributed by atoms with Gasteiger partial charge in [0.2, 0.25) is 6.10 Å². The van der Waals surface area contributed by atoms with Crippen LogP contribution >= 0.6 is 0 Å². The van der Waals surface area contributed by atoms with Crippen LogP contribution in [0.5, 0.6) is 5.75 Å². The molecule has 3 aromatic carbocycles. The van der Waals surface area contributed by atoms with Crippen molar-refractivity contribution in [2.24, 2.45) is 0 Å². The second kappa shape index (κ2) is 16.2. The van der Waals surface area contributed by atoms with E-state index in [1.807, 2.05) is 20.8 Å². The van der Waals surface area contributed by atoms with Crippen LogP contribution in [-0.2, 0) is 30.8 Å². The van der Waals surface area contributed by atoms with Crippen molar-refractivity contribution in [3.63, 3.8) is 0 Å². The van der Waals surface area contributed by atoms with E-state index in [-0.39, 0.29) is 47.3 Å². The number of ether oxygens (including phenoxy) is 2. The molecule has 0 aliphatic rings. The predicted octanol–water partition coefficient (Wildman–Crippen LogP) is 4.05. The SMILES string of the molecule is CCCc1cc(C(=O)NCCC(=O)OCC)ccc1OC(C(=O)NS(=O)(=O)c1ccc(C(C)C)cc1)c1ccc(C(O)O)cc1. The molecule has 0 heterocycles. The number of sulfonamides is 1. The minimum Gasteiger partial charge on any atom is -0.476 e. The molecule has 0 aliphatic carbocycles. The average molecular weight is 641 g/mol. The summed E-state index contributed by atoms with van der Waals surface area (Å²) in [6.07, 6.45) is -2.03. The second-order valence-corrected chi connectivity index (χ2v) is 12.3. The van der Waals surface area contributed by atoms with E-state index in [4.69, 9.17) is 9.47 Å². The Bertz CT molecular complexity index is 1570. The lowest BCUT2D eigenvalue weighted by Crippen LogP contribution is -2.37. The third-order valence-electron chi connectivity index (χ3n) is 6.87. The first kappa shape index (κ1) is 35.2. The molecule has 4 N–H and O–H groups in total. The quantitative estimate of drug-likeness (QED) is 0.141. The van der Waals surface area contributed by atoms with Gasteiger partial charge in [-0.3, -0.25) is 14.4 Å². The van der Waals surface area contributed by atoms with E-state index in [1.165, 1.54) is 48.5 Å². The molecule has 3 rings (SSSR count). The topological polar surface area (TPSA) is 168 Å². The molecule has 1 unspecified atom stereocenters. The molecule has 45 heavy (non-hydrogen) atoms. The van der Waals surface area contributed by atoms with Crippen LogP contribution in [0.2, 0.25) is 0 Å². The lowest BCUT2D eigenvalue weighted by molar-refractivity contribution is -0.142. The summed E-state index contributed by atoms with van der Waals surface area (Å²) in [6, 6.07) is 16.5. The molecule has 0 aromatic heterocycles. The molecule has 0 aliphatic heterocycles. The summed E-state index contributed by atoms with van der Waals surface area (Å²) in [5.41, 5.74) is 2.27. The normalized spacial score (nSPS) is 12.1. The zero-order valence-corrected chi connectivity index (χ0v) is 26.6. The lowest BCUT2D eigenvalue weighted by atomic mass is 10.0. The largest absolute Gasteiger partial charge is 0.476 e. The van der Waals surface area contributed by atoms with Gasteiger partial charge in [0.05, 0.1) is 17.9 Å². The number of hydrogen-bond donors (Lipinski definition) is 4. The van der Waals surface area contributed by atoms with Gasteiger partial charge in [-0.1, -0.05) is 63.6 Å². The Balaban J connectivity index is 1.91. The van der Waals surface area contributed by atoms with Crippen molar-refractivity contribution in [2.45, 2.75) is 70.2 Å². The molecule has 0 spiro atoms. The number of carbonyl (C=O) groups excluding carboxylic acids is 3. The molecule has 1 atom stereocenters. The van der Waals surface area contributed by atoms with Crippen molar-refractivity contribution in [1.82, 2.24) is 10.0 Å². The lowest BCUT2D eigenvalue weighted by Gasteiger charge is -2.22. The Morgan fingerprint density at radius 1 is 0.867 bits per heavy atom. The minimum atomic E-state index is -4.27. The van der Waals surface area contributed by atoms with Gasteiger partial charge in [-0.2, -0.15) is 0 Å². The minimum absolute atomic E-state index is 0.0241. The zero-order valence-electron chi connectivity index (χ0n) is 25.8. The summed E-state index contributed by atoms with van der Waals surface area (Å²) >= 11 is 0. The second-order valence-electron chi connectivity index (χ2n) is 10.6. The van der Waals surface area contributed by atoms with Crippen molar-refractivity contribution in [2.75, 3.05) is 13.2 Å². The van der Waals surface area contributed by atoms with Crippen LogP contribution in [-0.4, -0.2) is 49.6 Å². The number of benzene rings is 3. The molecule has 0 bridgehead atoms. The van der Waals surface area contributed by atoms with E-state index < -0.39 is 40.2 Å². The fourth-order valence-electron chi connectivity index (χ4n) is 4.43. The van der Waals surface area contributed by atoms with Gasteiger partial charge >= 0.3 is 5.97 Å². The molecule has 12 heteroatoms. The first-order valence-corrected chi connectivity index (χ1v) is 16.2. The maximum absolute atomic E-state index is 13.6. The summed E-state index contributed by atoms with van der Waals surface area (Å²) in [6.45, 7) is 7.92. The van der Waals surface area contributed by atoms with Crippen LogP contribution < -0.4 is 14.8 Å². The first-order valence-electron chi connectivity index (χ1n) is 14.7. The standard InChI is InChI=1S/C33H40N2O9S/c1-5-7-25-20-26(31(37)34-19-18-29(36)43-6-2)14-17-28(25)44-30(23-8-10-24(11-9-23)33(39)40)32(38)35-45(41,42)27-15-12-22(13-16-27)21(3)4/h8-17,20-21,30,33,39-40H,5-7,18-19H2,1-4H3,(H,34,37)(H,35,38). The fraction of sp³-hybridized carbons (Fsp3) is 0.364. The van der Waals surface area contributed by atoms with Gasteiger partial charge in [0.25, 0.3) is 21.8 Å². The monoisotopic (exact) mass is 640 g/mol. The Labute approximate surface area is 263 Å². The first-order chi connectivity index (χ1) is 21.4. The molecule has 0 radical (unpaired) electrons. The molecule has 0 saturated carbocycles. The molecule has 242 valence electrons. The van der Waals surface area contributed by atoms with E-state index >= 15 is 0 Å². The van der Waals surface area contributed by atoms with Crippen molar-refractivity contribution in [3.05, 3.63) is 94.5 Å². The highest BCUT2D eigenvalue weighted by molar-refractivity contribution is 7.90. The number of carbonyl (C=O) groups is 3. The smallest absolute Gasteiger partial charge is 0.307 e. The fourth-order valence-corrected chi connectivity index (χ4v) is 5.42. The van der Waals surface area contributed by atoms with Gasteiger partial charge < -0.3 is 25.0 Å². The van der Waals surface area contributed by atoms with Crippen LogP contribution in [0.25, 0.3) is 0 Å². The van der Waals surface area contributed by atoms with Gasteiger partial charge in [0.1, 0.15) is 5.75 Å². The summed E-state index contributed by atoms with van der Waals surface area (Å²) in [4.78, 5) is 37.8. The van der Waals surface area contributed by atoms with Crippen LogP contribution in [0.4, 0.5) is 0 Å². The molecule has 2 amide bonds. The van der Waals surface area contributed by atoms with Gasteiger partial charge in [-0.05, 0) is 60.7 Å². The summed E-state index contributed by atoms with van der Waals surface area (Å²) in [5, 5.41) is 21.7. The van der Waals surface area contributed by atoms with E-state index in [1.54, 1.807) is 25.1 Å². The van der Waals surface area contributed by atoms with Crippen molar-refractivity contribution in [3.8, 4) is 5.75 Å². The highest BCUT2D eigenvalue weighted by Crippen LogP contribution is 2.29. The van der Waals surface area contributed by atoms with Crippen molar-refractivity contribution >= 4 is 27.8 Å². The third kappa shape index (κ3) is 9.87. The molecule has 11 nitrogen and oxygen atoms in total. The van der Waals surface area contributed by atoms with Gasteiger partial charge in [-0.25, -0.2) is 13.1 Å². The third-order valence-corrected chi connectivity index (χ3v) is 8.24. The van der Waals surface area contributed by atoms with Crippen molar-refractivity contribution in [1.29, 1.82) is 0 Å². The predicted molar refractivity (Wildman–Crippen MR) is 167 cm³/mol. The van der Waals surface area contributed by atoms with E-state index in [0.29, 0.717) is 24.0 Å². The van der Waals surface area contributed by atoms with Gasteiger partial charge in [-0.15, -0.1) is 0 Å². The summed E-state index contributed by atoms with van der Waals surface area (Å²) < 4.78 is 39.5. The molecular weight excluding hydrogens is 600 g/mol. The highest BCUT2D eigenvalue weighted by atomic mass is 32.2. The Morgan fingerprint density at radius 2 is 1.49 bits per heavy atom. The Kier molecular flexibility index (Phi) is 12.7. The van der Waals surface area contributed by atoms with E-state index in [2.05, 4.69) is 10.0 Å². The van der Waals surface area contributed by atoms with Crippen molar-refractivity contribution < 1.29 is 42.5 Å². The molecular formula is C33H40N2O9S. The van der Waals surface area contributed by atoms with Crippen LogP contribution in [0.15, 0.2) is 71.6 Å². The van der Waals surface area contributed by atoms with E-state index in [9.17, 15) is 33.0 Å². The maximum Gasteiger partial charge on any atom is 0.307 e. The van der Waals surface area contributed by atoms with Crippen LogP contribution in [0.3, 0.4) is 0 Å². The zero-order chi connectivity index (χ0) is 33.1.